The zero-order valence-corrected chi connectivity index (χ0v) is 13.0. The molecule has 1 rings (SSSR count). The minimum Gasteiger partial charge on any atom is -0.366 e. The molecule has 0 aliphatic heterocycles. The topological polar surface area (TPSA) is 68.1 Å². The zero-order valence-electron chi connectivity index (χ0n) is 10.6. The van der Waals surface area contributed by atoms with Crippen LogP contribution in [-0.4, -0.2) is 27.5 Å². The molecule has 18 heavy (non-hydrogen) atoms. The first-order valence-corrected chi connectivity index (χ1v) is 7.55. The van der Waals surface area contributed by atoms with Gasteiger partial charge in [0.1, 0.15) is 12.0 Å². The highest BCUT2D eigenvalue weighted by molar-refractivity contribution is 9.10. The van der Waals surface area contributed by atoms with E-state index in [9.17, 15) is 10.1 Å². The number of aromatic nitrogens is 1. The van der Waals surface area contributed by atoms with E-state index in [2.05, 4.69) is 40.1 Å². The highest BCUT2D eigenvalue weighted by atomic mass is 79.9. The van der Waals surface area contributed by atoms with Gasteiger partial charge in [0.2, 0.25) is 0 Å². The molecule has 1 aromatic heterocycles. The molecule has 0 aromatic carbocycles. The third kappa shape index (κ3) is 3.84. The molecule has 0 bridgehead atoms. The van der Waals surface area contributed by atoms with Crippen molar-refractivity contribution < 1.29 is 4.92 Å². The van der Waals surface area contributed by atoms with E-state index in [1.54, 1.807) is 6.92 Å². The van der Waals surface area contributed by atoms with Gasteiger partial charge in [-0.2, -0.15) is 11.8 Å². The van der Waals surface area contributed by atoms with E-state index in [1.807, 2.05) is 11.8 Å². The van der Waals surface area contributed by atoms with Gasteiger partial charge in [0, 0.05) is 17.4 Å². The molecule has 1 atom stereocenters. The van der Waals surface area contributed by atoms with Crippen molar-refractivity contribution in [3.05, 3.63) is 26.3 Å². The summed E-state index contributed by atoms with van der Waals surface area (Å²) >= 11 is 5.20. The first kappa shape index (κ1) is 15.2. The SMILES string of the molecule is CCSCC(C)Nc1ncc([N+](=O)[O-])c(C)c1Br. The van der Waals surface area contributed by atoms with Crippen LogP contribution in [0.4, 0.5) is 11.5 Å². The summed E-state index contributed by atoms with van der Waals surface area (Å²) in [6.07, 6.45) is 1.29. The largest absolute Gasteiger partial charge is 0.366 e. The maximum absolute atomic E-state index is 10.8. The van der Waals surface area contributed by atoms with Crippen LogP contribution in [0.2, 0.25) is 0 Å². The number of hydrogen-bond acceptors (Lipinski definition) is 5. The van der Waals surface area contributed by atoms with Crippen LogP contribution in [0, 0.1) is 17.0 Å². The smallest absolute Gasteiger partial charge is 0.291 e. The predicted molar refractivity (Wildman–Crippen MR) is 79.4 cm³/mol. The van der Waals surface area contributed by atoms with Gasteiger partial charge in [-0.05, 0) is 35.5 Å². The van der Waals surface area contributed by atoms with Crippen LogP contribution in [-0.2, 0) is 0 Å². The summed E-state index contributed by atoms with van der Waals surface area (Å²) in [5.41, 5.74) is 0.621. The Morgan fingerprint density at radius 2 is 2.33 bits per heavy atom. The minimum absolute atomic E-state index is 0.0306. The number of rotatable bonds is 6. The number of nitrogens with zero attached hydrogens (tertiary/aromatic N) is 2. The predicted octanol–water partition coefficient (Wildman–Crippen LogP) is 3.61. The van der Waals surface area contributed by atoms with Crippen molar-refractivity contribution in [1.82, 2.24) is 4.98 Å². The monoisotopic (exact) mass is 333 g/mol. The van der Waals surface area contributed by atoms with Crippen LogP contribution in [0.5, 0.6) is 0 Å². The quantitative estimate of drug-likeness (QED) is 0.636. The Balaban J connectivity index is 2.85. The van der Waals surface area contributed by atoms with E-state index in [0.29, 0.717) is 15.9 Å². The highest BCUT2D eigenvalue weighted by Crippen LogP contribution is 2.30. The molecular weight excluding hydrogens is 318 g/mol. The van der Waals surface area contributed by atoms with E-state index in [1.165, 1.54) is 6.20 Å². The first-order chi connectivity index (χ1) is 8.47. The van der Waals surface area contributed by atoms with Crippen molar-refractivity contribution in [3.8, 4) is 0 Å². The summed E-state index contributed by atoms with van der Waals surface area (Å²) in [7, 11) is 0. The maximum atomic E-state index is 10.8. The van der Waals surface area contributed by atoms with Crippen LogP contribution in [0.3, 0.4) is 0 Å². The summed E-state index contributed by atoms with van der Waals surface area (Å²) in [4.78, 5) is 14.4. The molecule has 0 aliphatic carbocycles. The Hall–Kier alpha value is -0.820. The van der Waals surface area contributed by atoms with Gasteiger partial charge in [-0.3, -0.25) is 10.1 Å². The number of hydrogen-bond donors (Lipinski definition) is 1. The molecule has 0 radical (unpaired) electrons. The summed E-state index contributed by atoms with van der Waals surface area (Å²) < 4.78 is 0.657. The number of anilines is 1. The standard InChI is InChI=1S/C11H16BrN3O2S/c1-4-18-6-7(2)14-11-10(12)8(3)9(5-13-11)15(16)17/h5,7H,4,6H2,1-3H3,(H,13,14). The lowest BCUT2D eigenvalue weighted by atomic mass is 10.2. The fraction of sp³-hybridized carbons (Fsp3) is 0.545. The van der Waals surface area contributed by atoms with Gasteiger partial charge in [-0.1, -0.05) is 6.92 Å². The van der Waals surface area contributed by atoms with E-state index < -0.39 is 4.92 Å². The number of nitro groups is 1. The molecular formula is C11H16BrN3O2S. The van der Waals surface area contributed by atoms with Crippen molar-refractivity contribution in [2.45, 2.75) is 26.8 Å². The van der Waals surface area contributed by atoms with Gasteiger partial charge in [0.05, 0.1) is 9.40 Å². The van der Waals surface area contributed by atoms with Crippen molar-refractivity contribution in [2.24, 2.45) is 0 Å². The van der Waals surface area contributed by atoms with Gasteiger partial charge in [-0.25, -0.2) is 4.98 Å². The molecule has 0 amide bonds. The Morgan fingerprint density at radius 3 is 2.89 bits per heavy atom. The summed E-state index contributed by atoms with van der Waals surface area (Å²) in [6.45, 7) is 5.88. The molecule has 0 saturated carbocycles. The molecule has 5 nitrogen and oxygen atoms in total. The Labute approximate surface area is 119 Å². The van der Waals surface area contributed by atoms with Crippen LogP contribution in [0.25, 0.3) is 0 Å². The van der Waals surface area contributed by atoms with Crippen molar-refractivity contribution in [2.75, 3.05) is 16.8 Å². The molecule has 0 saturated heterocycles. The van der Waals surface area contributed by atoms with E-state index >= 15 is 0 Å². The second-order valence-electron chi connectivity index (χ2n) is 3.89. The summed E-state index contributed by atoms with van der Waals surface area (Å²) in [6, 6.07) is 0.264. The van der Waals surface area contributed by atoms with Gasteiger partial charge in [0.15, 0.2) is 0 Å². The van der Waals surface area contributed by atoms with Crippen LogP contribution >= 0.6 is 27.7 Å². The fourth-order valence-electron chi connectivity index (χ4n) is 1.42. The molecule has 1 heterocycles. The second kappa shape index (κ2) is 6.94. The Kier molecular flexibility index (Phi) is 5.87. The van der Waals surface area contributed by atoms with Crippen molar-refractivity contribution in [3.63, 3.8) is 0 Å². The van der Waals surface area contributed by atoms with Gasteiger partial charge < -0.3 is 5.32 Å². The number of nitrogens with one attached hydrogen (secondary N) is 1. The normalized spacial score (nSPS) is 12.2. The Bertz CT molecular complexity index is 443. The lowest BCUT2D eigenvalue weighted by Crippen LogP contribution is -2.19. The third-order valence-corrected chi connectivity index (χ3v) is 4.50. The molecule has 0 spiro atoms. The van der Waals surface area contributed by atoms with Crippen LogP contribution in [0.15, 0.2) is 10.7 Å². The molecule has 0 fully saturated rings. The fourth-order valence-corrected chi connectivity index (χ4v) is 2.52. The van der Waals surface area contributed by atoms with Gasteiger partial charge in [0.25, 0.3) is 5.69 Å². The van der Waals surface area contributed by atoms with Crippen molar-refractivity contribution >= 4 is 39.2 Å². The average Bonchev–Trinajstić information content (AvgIpc) is 2.32. The molecule has 100 valence electrons. The molecule has 0 aliphatic rings. The number of pyridine rings is 1. The molecule has 1 N–H and O–H groups in total. The zero-order chi connectivity index (χ0) is 13.7. The lowest BCUT2D eigenvalue weighted by Gasteiger charge is -2.15. The van der Waals surface area contributed by atoms with E-state index in [4.69, 9.17) is 0 Å². The van der Waals surface area contributed by atoms with Gasteiger partial charge >= 0.3 is 0 Å². The lowest BCUT2D eigenvalue weighted by molar-refractivity contribution is -0.385. The summed E-state index contributed by atoms with van der Waals surface area (Å²) in [5.74, 6) is 2.70. The summed E-state index contributed by atoms with van der Waals surface area (Å²) in [5, 5.41) is 14.0. The average molecular weight is 334 g/mol. The molecule has 1 aromatic rings. The maximum Gasteiger partial charge on any atom is 0.291 e. The molecule has 1 unspecified atom stereocenters. The van der Waals surface area contributed by atoms with Crippen molar-refractivity contribution in [1.29, 1.82) is 0 Å². The minimum atomic E-state index is -0.423. The third-order valence-electron chi connectivity index (χ3n) is 2.39. The van der Waals surface area contributed by atoms with Gasteiger partial charge in [-0.15, -0.1) is 0 Å². The Morgan fingerprint density at radius 1 is 1.67 bits per heavy atom. The van der Waals surface area contributed by atoms with Crippen LogP contribution < -0.4 is 5.32 Å². The number of thioether (sulfide) groups is 1. The number of halogens is 1. The first-order valence-electron chi connectivity index (χ1n) is 5.61. The van der Waals surface area contributed by atoms with E-state index in [0.717, 1.165) is 11.5 Å². The molecule has 7 heteroatoms. The van der Waals surface area contributed by atoms with E-state index in [-0.39, 0.29) is 11.7 Å². The second-order valence-corrected chi connectivity index (χ2v) is 6.00. The van der Waals surface area contributed by atoms with Crippen LogP contribution in [0.1, 0.15) is 19.4 Å². The highest BCUT2D eigenvalue weighted by Gasteiger charge is 2.17.